The number of hydrogen-bond acceptors (Lipinski definition) is 4. The van der Waals surface area contributed by atoms with E-state index in [1.165, 1.54) is 5.56 Å². The molecule has 5 nitrogen and oxygen atoms in total. The van der Waals surface area contributed by atoms with Gasteiger partial charge in [0.15, 0.2) is 0 Å². The van der Waals surface area contributed by atoms with Gasteiger partial charge in [0.05, 0.1) is 11.8 Å². The smallest absolute Gasteiger partial charge is 0.410 e. The van der Waals surface area contributed by atoms with Gasteiger partial charge >= 0.3 is 6.09 Å². The monoisotopic (exact) mass is 306 g/mol. The fraction of sp³-hybridized carbons (Fsp3) is 0.706. The largest absolute Gasteiger partial charge is 0.467 e. The number of ether oxygens (including phenoxy) is 1. The number of nitrogens with zero attached hydrogens (tertiary/aromatic N) is 1. The van der Waals surface area contributed by atoms with Crippen LogP contribution in [-0.2, 0) is 16.7 Å². The topological polar surface area (TPSA) is 54.7 Å². The van der Waals surface area contributed by atoms with Crippen LogP contribution >= 0.6 is 0 Å². The average molecular weight is 306 g/mol. The molecule has 1 atom stereocenters. The number of fused-ring (bicyclic) bond motifs is 1. The maximum absolute atomic E-state index is 12.1. The highest BCUT2D eigenvalue weighted by Crippen LogP contribution is 2.42. The molecule has 1 N–H and O–H groups in total. The Morgan fingerprint density at radius 2 is 2.23 bits per heavy atom. The van der Waals surface area contributed by atoms with E-state index in [9.17, 15) is 4.79 Å². The molecule has 1 aromatic rings. The quantitative estimate of drug-likeness (QED) is 0.913. The van der Waals surface area contributed by atoms with Crippen LogP contribution in [0.2, 0.25) is 0 Å². The van der Waals surface area contributed by atoms with Crippen molar-refractivity contribution in [3.05, 3.63) is 23.7 Å². The Kier molecular flexibility index (Phi) is 3.71. The standard InChI is InChI=1S/C17H26N2O3/c1-5-17(14-12(6-8-18-17)7-9-21-14)13-10-19(11-13)15(20)22-16(2,3)4/h7,9,13,18H,5-6,8,10-11H2,1-4H3. The summed E-state index contributed by atoms with van der Waals surface area (Å²) in [6, 6.07) is 2.07. The van der Waals surface area contributed by atoms with Crippen LogP contribution in [0.15, 0.2) is 16.7 Å². The second-order valence-electron chi connectivity index (χ2n) is 7.36. The van der Waals surface area contributed by atoms with Crippen molar-refractivity contribution in [2.45, 2.75) is 51.7 Å². The van der Waals surface area contributed by atoms with Gasteiger partial charge in [-0.3, -0.25) is 0 Å². The van der Waals surface area contributed by atoms with Gasteiger partial charge in [0, 0.05) is 25.6 Å². The van der Waals surface area contributed by atoms with Gasteiger partial charge < -0.3 is 19.4 Å². The van der Waals surface area contributed by atoms with E-state index >= 15 is 0 Å². The Hall–Kier alpha value is -1.49. The summed E-state index contributed by atoms with van der Waals surface area (Å²) in [4.78, 5) is 13.9. The summed E-state index contributed by atoms with van der Waals surface area (Å²) >= 11 is 0. The van der Waals surface area contributed by atoms with E-state index in [0.717, 1.165) is 38.2 Å². The molecule has 22 heavy (non-hydrogen) atoms. The van der Waals surface area contributed by atoms with Crippen LogP contribution in [0.5, 0.6) is 0 Å². The fourth-order valence-corrected chi connectivity index (χ4v) is 3.59. The minimum Gasteiger partial charge on any atom is -0.467 e. The number of rotatable bonds is 2. The van der Waals surface area contributed by atoms with E-state index in [4.69, 9.17) is 9.15 Å². The highest BCUT2D eigenvalue weighted by Gasteiger charge is 2.51. The zero-order chi connectivity index (χ0) is 16.0. The number of amides is 1. The number of nitrogens with one attached hydrogen (secondary N) is 1. The number of furan rings is 1. The van der Waals surface area contributed by atoms with E-state index < -0.39 is 5.60 Å². The summed E-state index contributed by atoms with van der Waals surface area (Å²) in [5, 5.41) is 3.66. The van der Waals surface area contributed by atoms with Crippen LogP contribution in [0.3, 0.4) is 0 Å². The number of likely N-dealkylation sites (tertiary alicyclic amines) is 1. The van der Waals surface area contributed by atoms with E-state index in [-0.39, 0.29) is 11.6 Å². The summed E-state index contributed by atoms with van der Waals surface area (Å²) in [6.45, 7) is 10.3. The van der Waals surface area contributed by atoms with E-state index in [0.29, 0.717) is 5.92 Å². The molecule has 1 amide bonds. The van der Waals surface area contributed by atoms with Crippen LogP contribution < -0.4 is 5.32 Å². The summed E-state index contributed by atoms with van der Waals surface area (Å²) < 4.78 is 11.2. The molecule has 0 aliphatic carbocycles. The molecule has 0 bridgehead atoms. The van der Waals surface area contributed by atoms with Gasteiger partial charge in [-0.15, -0.1) is 0 Å². The lowest BCUT2D eigenvalue weighted by Gasteiger charge is -2.51. The molecule has 3 heterocycles. The van der Waals surface area contributed by atoms with E-state index in [2.05, 4.69) is 18.3 Å². The number of carbonyl (C=O) groups is 1. The summed E-state index contributed by atoms with van der Waals surface area (Å²) in [5.74, 6) is 1.44. The Bertz CT molecular complexity index is 554. The van der Waals surface area contributed by atoms with E-state index in [1.807, 2.05) is 20.8 Å². The van der Waals surface area contributed by atoms with Crippen LogP contribution in [0.25, 0.3) is 0 Å². The molecule has 5 heteroatoms. The minimum atomic E-state index is -0.443. The summed E-state index contributed by atoms with van der Waals surface area (Å²) in [6.07, 6.45) is 3.54. The van der Waals surface area contributed by atoms with Crippen LogP contribution in [0.4, 0.5) is 4.79 Å². The number of carbonyl (C=O) groups excluding carboxylic acids is 1. The van der Waals surface area contributed by atoms with Gasteiger partial charge in [-0.05, 0) is 45.2 Å². The van der Waals surface area contributed by atoms with Crippen molar-refractivity contribution in [3.63, 3.8) is 0 Å². The molecule has 3 rings (SSSR count). The number of hydrogen-bond donors (Lipinski definition) is 1. The van der Waals surface area contributed by atoms with Crippen LogP contribution in [-0.4, -0.2) is 36.2 Å². The Morgan fingerprint density at radius 1 is 1.50 bits per heavy atom. The van der Waals surface area contributed by atoms with Crippen molar-refractivity contribution in [2.75, 3.05) is 19.6 Å². The molecule has 1 fully saturated rings. The maximum Gasteiger partial charge on any atom is 0.410 e. The predicted octanol–water partition coefficient (Wildman–Crippen LogP) is 2.90. The van der Waals surface area contributed by atoms with Gasteiger partial charge in [-0.2, -0.15) is 0 Å². The average Bonchev–Trinajstić information content (AvgIpc) is 2.84. The highest BCUT2D eigenvalue weighted by atomic mass is 16.6. The first kappa shape index (κ1) is 15.4. The molecule has 122 valence electrons. The van der Waals surface area contributed by atoms with Crippen molar-refractivity contribution in [3.8, 4) is 0 Å². The third-order valence-electron chi connectivity index (χ3n) is 4.77. The molecule has 0 saturated carbocycles. The van der Waals surface area contributed by atoms with E-state index in [1.54, 1.807) is 11.2 Å². The molecule has 0 spiro atoms. The lowest BCUT2D eigenvalue weighted by atomic mass is 9.72. The van der Waals surface area contributed by atoms with Gasteiger partial charge in [-0.25, -0.2) is 4.79 Å². The third kappa shape index (κ3) is 2.51. The minimum absolute atomic E-state index is 0.143. The molecule has 1 aromatic heterocycles. The SMILES string of the molecule is CCC1(C2CN(C(=O)OC(C)(C)C)C2)NCCc2ccoc21. The fourth-order valence-electron chi connectivity index (χ4n) is 3.59. The first-order valence-corrected chi connectivity index (χ1v) is 8.15. The second kappa shape index (κ2) is 5.30. The second-order valence-corrected chi connectivity index (χ2v) is 7.36. The molecule has 2 aliphatic rings. The van der Waals surface area contributed by atoms with Crippen molar-refractivity contribution in [2.24, 2.45) is 5.92 Å². The first-order valence-electron chi connectivity index (χ1n) is 8.15. The van der Waals surface area contributed by atoms with Gasteiger partial charge in [-0.1, -0.05) is 6.92 Å². The molecular weight excluding hydrogens is 280 g/mol. The lowest BCUT2D eigenvalue weighted by Crippen LogP contribution is -2.64. The Balaban J connectivity index is 1.71. The molecule has 2 aliphatic heterocycles. The zero-order valence-corrected chi connectivity index (χ0v) is 13.9. The molecule has 0 radical (unpaired) electrons. The first-order chi connectivity index (χ1) is 10.4. The van der Waals surface area contributed by atoms with Crippen molar-refractivity contribution in [1.29, 1.82) is 0 Å². The Labute approximate surface area is 132 Å². The normalized spacial score (nSPS) is 25.5. The molecule has 1 saturated heterocycles. The predicted molar refractivity (Wildman–Crippen MR) is 83.7 cm³/mol. The van der Waals surface area contributed by atoms with Crippen molar-refractivity contribution >= 4 is 6.09 Å². The third-order valence-corrected chi connectivity index (χ3v) is 4.77. The highest BCUT2D eigenvalue weighted by molar-refractivity contribution is 5.69. The molecule has 0 aromatic carbocycles. The van der Waals surface area contributed by atoms with Crippen molar-refractivity contribution in [1.82, 2.24) is 10.2 Å². The lowest BCUT2D eigenvalue weighted by molar-refractivity contribution is -0.0280. The zero-order valence-electron chi connectivity index (χ0n) is 13.9. The molecular formula is C17H26N2O3. The summed E-state index contributed by atoms with van der Waals surface area (Å²) in [7, 11) is 0. The summed E-state index contributed by atoms with van der Waals surface area (Å²) in [5.41, 5.74) is 0.716. The van der Waals surface area contributed by atoms with Crippen molar-refractivity contribution < 1.29 is 13.9 Å². The van der Waals surface area contributed by atoms with Crippen LogP contribution in [0.1, 0.15) is 45.4 Å². The van der Waals surface area contributed by atoms with Crippen LogP contribution in [0, 0.1) is 5.92 Å². The maximum atomic E-state index is 12.1. The van der Waals surface area contributed by atoms with Gasteiger partial charge in [0.25, 0.3) is 0 Å². The van der Waals surface area contributed by atoms with Gasteiger partial charge in [0.2, 0.25) is 0 Å². The Morgan fingerprint density at radius 3 is 2.86 bits per heavy atom. The molecule has 1 unspecified atom stereocenters. The van der Waals surface area contributed by atoms with Gasteiger partial charge in [0.1, 0.15) is 11.4 Å².